The molecule has 3 heterocycles. The summed E-state index contributed by atoms with van der Waals surface area (Å²) < 4.78 is 16.2. The molecular weight excluding hydrogens is 438 g/mol. The molecule has 0 aliphatic carbocycles. The van der Waals surface area contributed by atoms with Crippen molar-refractivity contribution in [2.24, 2.45) is 0 Å². The standard InChI is InChI=1S/C25H29N3O6/c1-32-19-5-4-18(16-20(19)33-2)22-21(23(29)17-6-8-26-9-7-17)24(30)25(31)28(22)11-3-10-27-12-14-34-15-13-27/h4-9,16,22,29H,3,10-15H2,1-2H3/b23-21+/t22-/m1/s1. The van der Waals surface area contributed by atoms with Gasteiger partial charge in [-0.1, -0.05) is 6.07 Å². The first kappa shape index (κ1) is 23.7. The van der Waals surface area contributed by atoms with Crippen molar-refractivity contribution in [3.05, 3.63) is 59.4 Å². The van der Waals surface area contributed by atoms with E-state index in [0.29, 0.717) is 48.8 Å². The SMILES string of the molecule is COc1ccc([C@@H]2/C(=C(\O)c3ccncc3)C(=O)C(=O)N2CCCN2CCOCC2)cc1OC. The maximum absolute atomic E-state index is 13.1. The highest BCUT2D eigenvalue weighted by Crippen LogP contribution is 2.41. The summed E-state index contributed by atoms with van der Waals surface area (Å²) in [5.74, 6) is -0.554. The van der Waals surface area contributed by atoms with Crippen molar-refractivity contribution in [3.8, 4) is 11.5 Å². The van der Waals surface area contributed by atoms with Gasteiger partial charge in [-0.15, -0.1) is 0 Å². The molecule has 1 aromatic heterocycles. The number of carbonyl (C=O) groups is 2. The summed E-state index contributed by atoms with van der Waals surface area (Å²) in [5, 5.41) is 11.1. The van der Waals surface area contributed by atoms with E-state index in [9.17, 15) is 14.7 Å². The molecule has 0 spiro atoms. The molecule has 0 bridgehead atoms. The highest BCUT2D eigenvalue weighted by atomic mass is 16.5. The predicted octanol–water partition coefficient (Wildman–Crippen LogP) is 2.24. The number of carbonyl (C=O) groups excluding carboxylic acids is 2. The van der Waals surface area contributed by atoms with Gasteiger partial charge in [0.15, 0.2) is 11.5 Å². The monoisotopic (exact) mass is 467 g/mol. The van der Waals surface area contributed by atoms with Crippen LogP contribution in [0.3, 0.4) is 0 Å². The smallest absolute Gasteiger partial charge is 0.295 e. The number of Topliss-reactive ketones (excluding diaryl/α,β-unsaturated/α-hetero) is 1. The molecule has 2 fully saturated rings. The van der Waals surface area contributed by atoms with E-state index >= 15 is 0 Å². The van der Waals surface area contributed by atoms with Crippen molar-refractivity contribution >= 4 is 17.4 Å². The Morgan fingerprint density at radius 2 is 1.76 bits per heavy atom. The number of benzene rings is 1. The molecule has 1 aromatic carbocycles. The van der Waals surface area contributed by atoms with Crippen molar-refractivity contribution in [2.45, 2.75) is 12.5 Å². The van der Waals surface area contributed by atoms with Crippen molar-refractivity contribution < 1.29 is 28.9 Å². The summed E-state index contributed by atoms with van der Waals surface area (Å²) in [4.78, 5) is 34.1. The third-order valence-electron chi connectivity index (χ3n) is 6.19. The Kier molecular flexibility index (Phi) is 7.44. The van der Waals surface area contributed by atoms with Gasteiger partial charge in [-0.3, -0.25) is 19.5 Å². The van der Waals surface area contributed by atoms with Crippen molar-refractivity contribution in [1.82, 2.24) is 14.8 Å². The highest BCUT2D eigenvalue weighted by molar-refractivity contribution is 6.46. The summed E-state index contributed by atoms with van der Waals surface area (Å²) >= 11 is 0. The van der Waals surface area contributed by atoms with Crippen LogP contribution in [-0.2, 0) is 14.3 Å². The molecule has 0 radical (unpaired) electrons. The average molecular weight is 468 g/mol. The topological polar surface area (TPSA) is 101 Å². The van der Waals surface area contributed by atoms with Crippen LogP contribution in [0.15, 0.2) is 48.3 Å². The van der Waals surface area contributed by atoms with E-state index in [1.807, 2.05) is 0 Å². The number of hydrogen-bond acceptors (Lipinski definition) is 8. The van der Waals surface area contributed by atoms with Crippen molar-refractivity contribution in [2.75, 3.05) is 53.6 Å². The average Bonchev–Trinajstić information content (AvgIpc) is 3.14. The fraction of sp³-hybridized carbons (Fsp3) is 0.400. The summed E-state index contributed by atoms with van der Waals surface area (Å²) in [6.45, 7) is 4.24. The van der Waals surface area contributed by atoms with Crippen LogP contribution in [0, 0.1) is 0 Å². The summed E-state index contributed by atoms with van der Waals surface area (Å²) in [6, 6.07) is 7.71. The van der Waals surface area contributed by atoms with E-state index in [-0.39, 0.29) is 11.3 Å². The Hall–Kier alpha value is -3.43. The molecule has 9 heteroatoms. The molecule has 0 unspecified atom stereocenters. The third-order valence-corrected chi connectivity index (χ3v) is 6.19. The van der Waals surface area contributed by atoms with Crippen LogP contribution >= 0.6 is 0 Å². The quantitative estimate of drug-likeness (QED) is 0.358. The largest absolute Gasteiger partial charge is 0.507 e. The predicted molar refractivity (Wildman–Crippen MR) is 125 cm³/mol. The van der Waals surface area contributed by atoms with E-state index in [2.05, 4.69) is 9.88 Å². The van der Waals surface area contributed by atoms with Gasteiger partial charge in [0.25, 0.3) is 11.7 Å². The number of ketones is 1. The van der Waals surface area contributed by atoms with Crippen LogP contribution in [0.25, 0.3) is 5.76 Å². The number of likely N-dealkylation sites (tertiary alicyclic amines) is 1. The zero-order valence-corrected chi connectivity index (χ0v) is 19.4. The second-order valence-corrected chi connectivity index (χ2v) is 8.15. The van der Waals surface area contributed by atoms with Crippen LogP contribution in [-0.4, -0.2) is 85.2 Å². The van der Waals surface area contributed by atoms with Gasteiger partial charge in [0, 0.05) is 44.1 Å². The molecule has 2 saturated heterocycles. The Morgan fingerprint density at radius 3 is 2.44 bits per heavy atom. The molecule has 9 nitrogen and oxygen atoms in total. The summed E-state index contributed by atoms with van der Waals surface area (Å²) in [6.07, 6.45) is 3.74. The summed E-state index contributed by atoms with van der Waals surface area (Å²) in [7, 11) is 3.07. The van der Waals surface area contributed by atoms with E-state index in [4.69, 9.17) is 14.2 Å². The normalized spacial score (nSPS) is 20.5. The molecule has 1 N–H and O–H groups in total. The molecule has 1 amide bonds. The molecule has 34 heavy (non-hydrogen) atoms. The second kappa shape index (κ2) is 10.7. The molecule has 2 aliphatic rings. The lowest BCUT2D eigenvalue weighted by molar-refractivity contribution is -0.140. The van der Waals surface area contributed by atoms with E-state index < -0.39 is 17.7 Å². The minimum atomic E-state index is -0.752. The van der Waals surface area contributed by atoms with E-state index in [0.717, 1.165) is 19.6 Å². The van der Waals surface area contributed by atoms with E-state index in [1.54, 1.807) is 37.4 Å². The van der Waals surface area contributed by atoms with Crippen LogP contribution in [0.4, 0.5) is 0 Å². The minimum Gasteiger partial charge on any atom is -0.507 e. The lowest BCUT2D eigenvalue weighted by Gasteiger charge is -2.29. The number of morpholine rings is 1. The van der Waals surface area contributed by atoms with Gasteiger partial charge in [-0.05, 0) is 36.2 Å². The van der Waals surface area contributed by atoms with Crippen molar-refractivity contribution in [1.29, 1.82) is 0 Å². The number of aromatic nitrogens is 1. The lowest BCUT2D eigenvalue weighted by atomic mass is 9.95. The molecular formula is C25H29N3O6. The van der Waals surface area contributed by atoms with E-state index in [1.165, 1.54) is 24.4 Å². The Bertz CT molecular complexity index is 1070. The maximum Gasteiger partial charge on any atom is 0.295 e. The van der Waals surface area contributed by atoms with Crippen LogP contribution in [0.2, 0.25) is 0 Å². The summed E-state index contributed by atoms with van der Waals surface area (Å²) in [5.41, 5.74) is 1.13. The van der Waals surface area contributed by atoms with Crippen LogP contribution < -0.4 is 9.47 Å². The Labute approximate surface area is 198 Å². The van der Waals surface area contributed by atoms with Crippen molar-refractivity contribution in [3.63, 3.8) is 0 Å². The van der Waals surface area contributed by atoms with Gasteiger partial charge in [0.05, 0.1) is 39.0 Å². The molecule has 4 rings (SSSR count). The number of methoxy groups -OCH3 is 2. The number of aliphatic hydroxyl groups is 1. The van der Waals surface area contributed by atoms with Crippen LogP contribution in [0.1, 0.15) is 23.6 Å². The number of hydrogen-bond donors (Lipinski definition) is 1. The van der Waals surface area contributed by atoms with Gasteiger partial charge in [0.1, 0.15) is 5.76 Å². The van der Waals surface area contributed by atoms with Crippen LogP contribution in [0.5, 0.6) is 11.5 Å². The molecule has 2 aromatic rings. The third kappa shape index (κ3) is 4.76. The number of nitrogens with zero attached hydrogens (tertiary/aromatic N) is 3. The van der Waals surface area contributed by atoms with Gasteiger partial charge in [-0.2, -0.15) is 0 Å². The van der Waals surface area contributed by atoms with Gasteiger partial charge < -0.3 is 24.2 Å². The molecule has 1 atom stereocenters. The number of pyridine rings is 1. The zero-order valence-electron chi connectivity index (χ0n) is 19.4. The first-order valence-corrected chi connectivity index (χ1v) is 11.3. The first-order valence-electron chi connectivity index (χ1n) is 11.3. The minimum absolute atomic E-state index is 0.0507. The maximum atomic E-state index is 13.1. The molecule has 2 aliphatic heterocycles. The molecule has 180 valence electrons. The fourth-order valence-electron chi connectivity index (χ4n) is 4.43. The number of rotatable bonds is 8. The number of amides is 1. The Morgan fingerprint density at radius 1 is 1.06 bits per heavy atom. The van der Waals surface area contributed by atoms with Gasteiger partial charge in [0.2, 0.25) is 0 Å². The fourth-order valence-corrected chi connectivity index (χ4v) is 4.43. The highest BCUT2D eigenvalue weighted by Gasteiger charge is 2.46. The number of aliphatic hydroxyl groups excluding tert-OH is 1. The van der Waals surface area contributed by atoms with Gasteiger partial charge >= 0.3 is 0 Å². The first-order chi connectivity index (χ1) is 16.5. The number of ether oxygens (including phenoxy) is 3. The Balaban J connectivity index is 1.70. The van der Waals surface area contributed by atoms with Gasteiger partial charge in [-0.25, -0.2) is 0 Å². The molecule has 0 saturated carbocycles. The zero-order chi connectivity index (χ0) is 24.1. The second-order valence-electron chi connectivity index (χ2n) is 8.15. The lowest BCUT2D eigenvalue weighted by Crippen LogP contribution is -2.38.